The average Bonchev–Trinajstić information content (AvgIpc) is 3.17. The van der Waals surface area contributed by atoms with E-state index in [0.717, 1.165) is 28.6 Å². The average molecular weight is 342 g/mol. The van der Waals surface area contributed by atoms with Crippen LogP contribution in [0.3, 0.4) is 0 Å². The topological polar surface area (TPSA) is 71.3 Å². The summed E-state index contributed by atoms with van der Waals surface area (Å²) in [4.78, 5) is 18.9. The highest BCUT2D eigenvalue weighted by Crippen LogP contribution is 2.25. The molecule has 7 heteroatoms. The number of fused-ring (bicyclic) bond motifs is 1. The van der Waals surface area contributed by atoms with E-state index in [9.17, 15) is 4.79 Å². The van der Waals surface area contributed by atoms with Crippen LogP contribution in [0.1, 0.15) is 28.5 Å². The van der Waals surface area contributed by atoms with Gasteiger partial charge < -0.3 is 9.84 Å². The van der Waals surface area contributed by atoms with Gasteiger partial charge in [0, 0.05) is 34.6 Å². The van der Waals surface area contributed by atoms with Crippen LogP contribution in [0.15, 0.2) is 34.2 Å². The number of carbonyl (C=O) groups excluding carboxylic acids is 1. The van der Waals surface area contributed by atoms with Gasteiger partial charge in [-0.25, -0.2) is 0 Å². The Morgan fingerprint density at radius 3 is 3.08 bits per heavy atom. The Hall–Kier alpha value is -2.25. The molecule has 1 aromatic carbocycles. The zero-order chi connectivity index (χ0) is 16.5. The lowest BCUT2D eigenvalue weighted by molar-refractivity contribution is 0.0647. The van der Waals surface area contributed by atoms with E-state index in [1.807, 2.05) is 36.6 Å². The Morgan fingerprint density at radius 2 is 2.33 bits per heavy atom. The molecule has 1 atom stereocenters. The molecule has 0 radical (unpaired) electrons. The number of amides is 1. The molecule has 6 nitrogen and oxygen atoms in total. The quantitative estimate of drug-likeness (QED) is 0.772. The van der Waals surface area contributed by atoms with E-state index >= 15 is 0 Å². The summed E-state index contributed by atoms with van der Waals surface area (Å²) in [5.41, 5.74) is 0.758. The van der Waals surface area contributed by atoms with Gasteiger partial charge in [-0.1, -0.05) is 23.4 Å². The Bertz CT molecular complexity index is 872. The number of thiophene rings is 1. The monoisotopic (exact) mass is 342 g/mol. The summed E-state index contributed by atoms with van der Waals surface area (Å²) in [5, 5.41) is 9.82. The molecule has 0 bridgehead atoms. The number of likely N-dealkylation sites (tertiary alicyclic amines) is 1. The third kappa shape index (κ3) is 2.92. The van der Waals surface area contributed by atoms with Crippen molar-refractivity contribution >= 4 is 27.3 Å². The second kappa shape index (κ2) is 6.33. The molecule has 0 saturated carbocycles. The second-order valence-corrected chi connectivity index (χ2v) is 6.92. The van der Waals surface area contributed by atoms with Gasteiger partial charge in [0.2, 0.25) is 5.89 Å². The van der Waals surface area contributed by atoms with Crippen molar-refractivity contribution < 1.29 is 9.32 Å². The fraction of sp³-hybridized carbons (Fsp3) is 0.353. The van der Waals surface area contributed by atoms with E-state index in [0.29, 0.717) is 30.8 Å². The van der Waals surface area contributed by atoms with E-state index in [-0.39, 0.29) is 5.91 Å². The first-order valence-corrected chi connectivity index (χ1v) is 8.86. The molecule has 3 heterocycles. The van der Waals surface area contributed by atoms with Crippen molar-refractivity contribution in [2.24, 2.45) is 0 Å². The highest BCUT2D eigenvalue weighted by molar-refractivity contribution is 7.17. The van der Waals surface area contributed by atoms with Gasteiger partial charge >= 0.3 is 0 Å². The molecular formula is C17H18N4O2S. The first kappa shape index (κ1) is 15.3. The van der Waals surface area contributed by atoms with Crippen molar-refractivity contribution in [1.29, 1.82) is 0 Å². The lowest BCUT2D eigenvalue weighted by Crippen LogP contribution is -2.52. The normalized spacial score (nSPS) is 17.8. The molecule has 1 aliphatic heterocycles. The number of nitrogens with zero attached hydrogens (tertiary/aromatic N) is 3. The van der Waals surface area contributed by atoms with Crippen LogP contribution in [-0.2, 0) is 6.54 Å². The van der Waals surface area contributed by atoms with E-state index in [4.69, 9.17) is 4.52 Å². The van der Waals surface area contributed by atoms with Crippen LogP contribution in [0.2, 0.25) is 0 Å². The zero-order valence-corrected chi connectivity index (χ0v) is 14.2. The van der Waals surface area contributed by atoms with E-state index < -0.39 is 0 Å². The van der Waals surface area contributed by atoms with Crippen molar-refractivity contribution in [2.75, 3.05) is 13.1 Å². The van der Waals surface area contributed by atoms with Gasteiger partial charge in [0.25, 0.3) is 5.91 Å². The zero-order valence-electron chi connectivity index (χ0n) is 13.4. The third-order valence-corrected chi connectivity index (χ3v) is 5.36. The van der Waals surface area contributed by atoms with Crippen molar-refractivity contribution in [2.45, 2.75) is 25.9 Å². The Balaban J connectivity index is 1.35. The van der Waals surface area contributed by atoms with Gasteiger partial charge in [-0.3, -0.25) is 9.69 Å². The lowest BCUT2D eigenvalue weighted by atomic mass is 10.0. The van der Waals surface area contributed by atoms with Crippen LogP contribution in [0, 0.1) is 6.92 Å². The van der Waals surface area contributed by atoms with Crippen molar-refractivity contribution in [3.05, 3.63) is 46.9 Å². The van der Waals surface area contributed by atoms with Crippen LogP contribution in [0.25, 0.3) is 10.1 Å². The largest absolute Gasteiger partial charge is 0.350 e. The van der Waals surface area contributed by atoms with Gasteiger partial charge in [0.15, 0.2) is 5.82 Å². The standard InChI is InChI=1S/C17H18N4O2S/c1-11-19-16(23-20-11)9-21-7-6-12(21)8-18-17(22)14-10-24-15-5-3-2-4-13(14)15/h2-5,10,12H,6-9H2,1H3,(H,18,22). The summed E-state index contributed by atoms with van der Waals surface area (Å²) in [6, 6.07) is 8.31. The number of hydrogen-bond donors (Lipinski definition) is 1. The number of carbonyl (C=O) groups is 1. The van der Waals surface area contributed by atoms with Gasteiger partial charge in [-0.05, 0) is 19.4 Å². The minimum atomic E-state index is -0.00654. The molecule has 1 amide bonds. The van der Waals surface area contributed by atoms with Crippen LogP contribution in [0.4, 0.5) is 0 Å². The summed E-state index contributed by atoms with van der Waals surface area (Å²) in [6.07, 6.45) is 1.07. The van der Waals surface area contributed by atoms with E-state index in [1.165, 1.54) is 0 Å². The van der Waals surface area contributed by atoms with E-state index in [2.05, 4.69) is 20.4 Å². The number of benzene rings is 1. The number of rotatable bonds is 5. The Labute approximate surface area is 143 Å². The van der Waals surface area contributed by atoms with Crippen LogP contribution in [-0.4, -0.2) is 40.1 Å². The summed E-state index contributed by atoms with van der Waals surface area (Å²) in [7, 11) is 0. The molecule has 1 fully saturated rings. The highest BCUT2D eigenvalue weighted by atomic mass is 32.1. The fourth-order valence-electron chi connectivity index (χ4n) is 2.97. The van der Waals surface area contributed by atoms with Crippen LogP contribution < -0.4 is 5.32 Å². The summed E-state index contributed by atoms with van der Waals surface area (Å²) in [5.74, 6) is 1.28. The smallest absolute Gasteiger partial charge is 0.252 e. The molecule has 1 saturated heterocycles. The molecule has 1 N–H and O–H groups in total. The maximum absolute atomic E-state index is 12.5. The predicted octanol–water partition coefficient (Wildman–Crippen LogP) is 2.60. The summed E-state index contributed by atoms with van der Waals surface area (Å²) >= 11 is 1.60. The van der Waals surface area contributed by atoms with Gasteiger partial charge in [-0.2, -0.15) is 4.98 Å². The summed E-state index contributed by atoms with van der Waals surface area (Å²) in [6.45, 7) is 4.08. The highest BCUT2D eigenvalue weighted by Gasteiger charge is 2.29. The first-order chi connectivity index (χ1) is 11.7. The van der Waals surface area contributed by atoms with Crippen LogP contribution in [0.5, 0.6) is 0 Å². The minimum Gasteiger partial charge on any atom is -0.350 e. The maximum Gasteiger partial charge on any atom is 0.252 e. The molecule has 2 aromatic heterocycles. The van der Waals surface area contributed by atoms with Gasteiger partial charge in [-0.15, -0.1) is 11.3 Å². The molecule has 0 aliphatic carbocycles. The van der Waals surface area contributed by atoms with Crippen LogP contribution >= 0.6 is 11.3 Å². The van der Waals surface area contributed by atoms with Crippen molar-refractivity contribution in [3.63, 3.8) is 0 Å². The molecule has 1 unspecified atom stereocenters. The van der Waals surface area contributed by atoms with Gasteiger partial charge in [0.1, 0.15) is 0 Å². The molecule has 1 aliphatic rings. The second-order valence-electron chi connectivity index (χ2n) is 6.00. The van der Waals surface area contributed by atoms with Crippen molar-refractivity contribution in [3.8, 4) is 0 Å². The molecule has 124 valence electrons. The molecule has 24 heavy (non-hydrogen) atoms. The van der Waals surface area contributed by atoms with Gasteiger partial charge in [0.05, 0.1) is 12.1 Å². The molecule has 3 aromatic rings. The first-order valence-electron chi connectivity index (χ1n) is 7.98. The summed E-state index contributed by atoms with van der Waals surface area (Å²) < 4.78 is 6.30. The third-order valence-electron chi connectivity index (χ3n) is 4.40. The fourth-order valence-corrected chi connectivity index (χ4v) is 3.91. The molecule has 0 spiro atoms. The number of nitrogens with one attached hydrogen (secondary N) is 1. The lowest BCUT2D eigenvalue weighted by Gasteiger charge is -2.40. The number of hydrogen-bond acceptors (Lipinski definition) is 6. The Morgan fingerprint density at radius 1 is 1.46 bits per heavy atom. The SMILES string of the molecule is Cc1noc(CN2CCC2CNC(=O)c2csc3ccccc23)n1. The Kier molecular flexibility index (Phi) is 4.03. The van der Waals surface area contributed by atoms with E-state index in [1.54, 1.807) is 11.3 Å². The minimum absolute atomic E-state index is 0.00654. The maximum atomic E-state index is 12.5. The predicted molar refractivity (Wildman–Crippen MR) is 92.0 cm³/mol. The van der Waals surface area contributed by atoms with Crippen molar-refractivity contribution in [1.82, 2.24) is 20.4 Å². The molecular weight excluding hydrogens is 324 g/mol. The molecule has 4 rings (SSSR count). The number of aryl methyl sites for hydroxylation is 1. The number of aromatic nitrogens is 2.